The van der Waals surface area contributed by atoms with E-state index < -0.39 is 11.9 Å². The Hall–Kier alpha value is -3.52. The fourth-order valence-electron chi connectivity index (χ4n) is 3.20. The summed E-state index contributed by atoms with van der Waals surface area (Å²) in [5.74, 6) is -0.673. The lowest BCUT2D eigenvalue weighted by Crippen LogP contribution is -2.32. The van der Waals surface area contributed by atoms with Gasteiger partial charge in [-0.3, -0.25) is 0 Å². The fraction of sp³-hybridized carbons (Fsp3) is 0.182. The summed E-state index contributed by atoms with van der Waals surface area (Å²) in [4.78, 5) is 14.2. The first-order chi connectivity index (χ1) is 13.0. The van der Waals surface area contributed by atoms with E-state index in [-0.39, 0.29) is 0 Å². The van der Waals surface area contributed by atoms with Gasteiger partial charge in [-0.2, -0.15) is 5.26 Å². The third kappa shape index (κ3) is 3.70. The summed E-state index contributed by atoms with van der Waals surface area (Å²) in [6.45, 7) is 2.44. The molecule has 5 nitrogen and oxygen atoms in total. The number of benzene rings is 2. The van der Waals surface area contributed by atoms with Gasteiger partial charge in [0.2, 0.25) is 0 Å². The second kappa shape index (κ2) is 7.79. The van der Waals surface area contributed by atoms with E-state index in [1.54, 1.807) is 11.1 Å². The molecule has 0 bridgehead atoms. The number of ether oxygens (including phenoxy) is 1. The molecule has 1 unspecified atom stereocenters. The molecule has 2 aromatic rings. The predicted octanol–water partition coefficient (Wildman–Crippen LogP) is 3.35. The molecule has 27 heavy (non-hydrogen) atoms. The molecular formula is C22H21N3O2. The van der Waals surface area contributed by atoms with Gasteiger partial charge in [-0.1, -0.05) is 60.2 Å². The van der Waals surface area contributed by atoms with Crippen LogP contribution in [0, 0.1) is 18.3 Å². The molecule has 0 spiro atoms. The Morgan fingerprint density at radius 1 is 1.19 bits per heavy atom. The van der Waals surface area contributed by atoms with Crippen LogP contribution < -0.4 is 5.73 Å². The number of carbonyl (C=O) groups excluding carboxylic acids is 1. The van der Waals surface area contributed by atoms with Crippen molar-refractivity contribution in [3.8, 4) is 6.07 Å². The number of rotatable bonds is 4. The first-order valence-electron chi connectivity index (χ1n) is 8.62. The van der Waals surface area contributed by atoms with E-state index in [2.05, 4.69) is 6.07 Å². The Morgan fingerprint density at radius 3 is 2.44 bits per heavy atom. The summed E-state index contributed by atoms with van der Waals surface area (Å²) >= 11 is 0. The van der Waals surface area contributed by atoms with E-state index >= 15 is 0 Å². The number of nitrogens with two attached hydrogens (primary N) is 1. The van der Waals surface area contributed by atoms with E-state index in [1.807, 2.05) is 61.5 Å². The van der Waals surface area contributed by atoms with Crippen molar-refractivity contribution < 1.29 is 9.53 Å². The second-order valence-corrected chi connectivity index (χ2v) is 6.44. The number of hydrogen-bond acceptors (Lipinski definition) is 5. The third-order valence-corrected chi connectivity index (χ3v) is 4.63. The Kier molecular flexibility index (Phi) is 5.28. The van der Waals surface area contributed by atoms with E-state index in [1.165, 1.54) is 7.11 Å². The maximum atomic E-state index is 12.5. The average molecular weight is 359 g/mol. The molecule has 1 heterocycles. The van der Waals surface area contributed by atoms with Crippen molar-refractivity contribution in [1.29, 1.82) is 5.26 Å². The quantitative estimate of drug-likeness (QED) is 0.847. The highest BCUT2D eigenvalue weighted by atomic mass is 16.5. The fourth-order valence-corrected chi connectivity index (χ4v) is 3.20. The topological polar surface area (TPSA) is 79.3 Å². The van der Waals surface area contributed by atoms with Crippen molar-refractivity contribution in [2.75, 3.05) is 7.11 Å². The van der Waals surface area contributed by atoms with Crippen molar-refractivity contribution in [3.05, 3.63) is 94.5 Å². The van der Waals surface area contributed by atoms with Crippen LogP contribution in [0.4, 0.5) is 0 Å². The van der Waals surface area contributed by atoms with Crippen molar-refractivity contribution in [3.63, 3.8) is 0 Å². The largest absolute Gasteiger partial charge is 0.466 e. The number of nitriles is 1. The summed E-state index contributed by atoms with van der Waals surface area (Å²) in [5, 5.41) is 9.81. The summed E-state index contributed by atoms with van der Waals surface area (Å²) in [7, 11) is 1.34. The summed E-state index contributed by atoms with van der Waals surface area (Å²) < 4.78 is 4.99. The van der Waals surface area contributed by atoms with E-state index in [0.29, 0.717) is 23.5 Å². The molecule has 1 aliphatic rings. The molecule has 0 saturated heterocycles. The number of esters is 1. The van der Waals surface area contributed by atoms with E-state index in [0.717, 1.165) is 16.7 Å². The van der Waals surface area contributed by atoms with Crippen LogP contribution in [0.2, 0.25) is 0 Å². The van der Waals surface area contributed by atoms with Crippen molar-refractivity contribution >= 4 is 5.97 Å². The Labute approximate surface area is 159 Å². The molecule has 3 rings (SSSR count). The number of hydrogen-bond donors (Lipinski definition) is 1. The zero-order valence-electron chi connectivity index (χ0n) is 15.3. The molecule has 0 aliphatic carbocycles. The molecule has 0 saturated carbocycles. The SMILES string of the molecule is COC(=O)C1=CN(Cc2ccccc2)C(N)=C(C#N)C1c1ccc(C)cc1. The monoisotopic (exact) mass is 359 g/mol. The lowest BCUT2D eigenvalue weighted by molar-refractivity contribution is -0.136. The molecule has 0 radical (unpaired) electrons. The van der Waals surface area contributed by atoms with Crippen molar-refractivity contribution in [2.45, 2.75) is 19.4 Å². The summed E-state index contributed by atoms with van der Waals surface area (Å²) in [6, 6.07) is 19.7. The molecule has 5 heteroatoms. The van der Waals surface area contributed by atoms with Crippen LogP contribution in [0.15, 0.2) is 77.8 Å². The van der Waals surface area contributed by atoms with Crippen LogP contribution in [-0.4, -0.2) is 18.0 Å². The Balaban J connectivity index is 2.08. The third-order valence-electron chi connectivity index (χ3n) is 4.63. The Bertz CT molecular complexity index is 938. The minimum Gasteiger partial charge on any atom is -0.466 e. The maximum absolute atomic E-state index is 12.5. The summed E-state index contributed by atoms with van der Waals surface area (Å²) in [5.41, 5.74) is 10.0. The highest BCUT2D eigenvalue weighted by Gasteiger charge is 2.34. The van der Waals surface area contributed by atoms with Gasteiger partial charge in [0.25, 0.3) is 0 Å². The zero-order valence-corrected chi connectivity index (χ0v) is 15.3. The minimum absolute atomic E-state index is 0.345. The summed E-state index contributed by atoms with van der Waals surface area (Å²) in [6.07, 6.45) is 1.69. The van der Waals surface area contributed by atoms with Crippen LogP contribution in [0.3, 0.4) is 0 Å². The van der Waals surface area contributed by atoms with Crippen LogP contribution in [0.1, 0.15) is 22.6 Å². The van der Waals surface area contributed by atoms with Gasteiger partial charge in [0, 0.05) is 12.7 Å². The van der Waals surface area contributed by atoms with Gasteiger partial charge in [0.15, 0.2) is 0 Å². The Morgan fingerprint density at radius 2 is 1.85 bits per heavy atom. The van der Waals surface area contributed by atoms with Crippen LogP contribution >= 0.6 is 0 Å². The van der Waals surface area contributed by atoms with Crippen LogP contribution in [0.5, 0.6) is 0 Å². The van der Waals surface area contributed by atoms with Gasteiger partial charge in [-0.25, -0.2) is 4.79 Å². The van der Waals surface area contributed by atoms with E-state index in [4.69, 9.17) is 10.5 Å². The molecule has 136 valence electrons. The van der Waals surface area contributed by atoms with Crippen molar-refractivity contribution in [2.24, 2.45) is 5.73 Å². The predicted molar refractivity (Wildman–Crippen MR) is 103 cm³/mol. The first-order valence-corrected chi connectivity index (χ1v) is 8.62. The van der Waals surface area contributed by atoms with Gasteiger partial charge >= 0.3 is 5.97 Å². The van der Waals surface area contributed by atoms with Gasteiger partial charge in [0.1, 0.15) is 5.82 Å². The number of methoxy groups -OCH3 is 1. The standard InChI is InChI=1S/C22H21N3O2/c1-15-8-10-17(11-9-15)20-18(12-23)21(24)25(14-19(20)22(26)27-2)13-16-6-4-3-5-7-16/h3-11,14,20H,13,24H2,1-2H3. The second-order valence-electron chi connectivity index (χ2n) is 6.44. The molecule has 0 fully saturated rings. The number of allylic oxidation sites excluding steroid dienone is 1. The van der Waals surface area contributed by atoms with Crippen LogP contribution in [0.25, 0.3) is 0 Å². The molecule has 0 amide bonds. The van der Waals surface area contributed by atoms with Gasteiger partial charge in [-0.15, -0.1) is 0 Å². The zero-order chi connectivity index (χ0) is 19.4. The maximum Gasteiger partial charge on any atom is 0.336 e. The molecular weight excluding hydrogens is 338 g/mol. The van der Waals surface area contributed by atoms with Gasteiger partial charge in [0.05, 0.1) is 30.2 Å². The number of nitrogens with zero attached hydrogens (tertiary/aromatic N) is 2. The lowest BCUT2D eigenvalue weighted by Gasteiger charge is -2.32. The molecule has 1 aliphatic heterocycles. The molecule has 2 aromatic carbocycles. The van der Waals surface area contributed by atoms with Gasteiger partial charge in [-0.05, 0) is 18.1 Å². The lowest BCUT2D eigenvalue weighted by atomic mass is 9.83. The smallest absolute Gasteiger partial charge is 0.336 e. The van der Waals surface area contributed by atoms with Crippen molar-refractivity contribution in [1.82, 2.24) is 4.90 Å². The highest BCUT2D eigenvalue weighted by Crippen LogP contribution is 2.38. The number of aryl methyl sites for hydroxylation is 1. The van der Waals surface area contributed by atoms with Gasteiger partial charge < -0.3 is 15.4 Å². The number of carbonyl (C=O) groups is 1. The molecule has 2 N–H and O–H groups in total. The molecule has 1 atom stereocenters. The minimum atomic E-state index is -0.546. The first kappa shape index (κ1) is 18.3. The van der Waals surface area contributed by atoms with Crippen LogP contribution in [-0.2, 0) is 16.1 Å². The van der Waals surface area contributed by atoms with E-state index in [9.17, 15) is 10.1 Å². The normalized spacial score (nSPS) is 16.6. The average Bonchev–Trinajstić information content (AvgIpc) is 2.70. The molecule has 0 aromatic heterocycles. The highest BCUT2D eigenvalue weighted by molar-refractivity contribution is 5.92.